The van der Waals surface area contributed by atoms with Crippen molar-refractivity contribution in [1.82, 2.24) is 0 Å². The zero-order valence-corrected chi connectivity index (χ0v) is 12.3. The average molecular weight is 282 g/mol. The van der Waals surface area contributed by atoms with Gasteiger partial charge in [-0.3, -0.25) is 4.79 Å². The third-order valence-electron chi connectivity index (χ3n) is 2.63. The molecule has 0 saturated heterocycles. The zero-order chi connectivity index (χ0) is 14.1. The maximum atomic E-state index is 12.0. The van der Waals surface area contributed by atoms with Crippen LogP contribution in [0.4, 0.5) is 5.69 Å². The number of para-hydroxylation sites is 1. The Bertz CT molecular complexity index is 399. The van der Waals surface area contributed by atoms with Crippen LogP contribution in [0.2, 0.25) is 0 Å². The van der Waals surface area contributed by atoms with E-state index in [1.807, 2.05) is 38.1 Å². The summed E-state index contributed by atoms with van der Waals surface area (Å²) in [6, 6.07) is 7.77. The van der Waals surface area contributed by atoms with E-state index in [0.29, 0.717) is 19.8 Å². The van der Waals surface area contributed by atoms with E-state index in [9.17, 15) is 4.79 Å². The van der Waals surface area contributed by atoms with Crippen molar-refractivity contribution in [2.75, 3.05) is 30.8 Å². The van der Waals surface area contributed by atoms with Crippen LogP contribution in [-0.2, 0) is 9.53 Å². The molecule has 1 aromatic rings. The molecule has 1 atom stereocenters. The second kappa shape index (κ2) is 8.96. The normalized spacial score (nSPS) is 12.2. The molecule has 0 radical (unpaired) electrons. The molecule has 106 valence electrons. The van der Waals surface area contributed by atoms with Gasteiger partial charge >= 0.3 is 0 Å². The first-order chi connectivity index (χ1) is 9.15. The van der Waals surface area contributed by atoms with Gasteiger partial charge in [-0.15, -0.1) is 11.8 Å². The zero-order valence-electron chi connectivity index (χ0n) is 11.5. The predicted octanol–water partition coefficient (Wildman–Crippen LogP) is 2.03. The fourth-order valence-electron chi connectivity index (χ4n) is 1.49. The first-order valence-electron chi connectivity index (χ1n) is 6.41. The first kappa shape index (κ1) is 16.0. The minimum Gasteiger partial charge on any atom is -0.379 e. The molecule has 1 amide bonds. The molecule has 5 heteroatoms. The molecule has 0 saturated carbocycles. The second-order valence-corrected chi connectivity index (χ2v) is 5.67. The van der Waals surface area contributed by atoms with Crippen molar-refractivity contribution < 1.29 is 9.53 Å². The summed E-state index contributed by atoms with van der Waals surface area (Å²) in [6.45, 7) is 5.62. The molecule has 0 aromatic heterocycles. The van der Waals surface area contributed by atoms with Gasteiger partial charge < -0.3 is 15.8 Å². The Morgan fingerprint density at radius 1 is 1.42 bits per heavy atom. The Balaban J connectivity index is 2.31. The molecule has 4 nitrogen and oxygen atoms in total. The standard InChI is InChI=1S/C14H22N2O2S/c1-11-5-3-4-6-13(11)16-14(17)12(2)19-10-9-18-8-7-15/h3-6,12H,7-10,15H2,1-2H3,(H,16,17). The third kappa shape index (κ3) is 6.09. The maximum absolute atomic E-state index is 12.0. The molecule has 1 rings (SSSR count). The van der Waals surface area contributed by atoms with Crippen LogP contribution in [0, 0.1) is 6.92 Å². The quantitative estimate of drug-likeness (QED) is 0.716. The van der Waals surface area contributed by atoms with Crippen molar-refractivity contribution in [3.05, 3.63) is 29.8 Å². The molecule has 1 aromatic carbocycles. The largest absolute Gasteiger partial charge is 0.379 e. The van der Waals surface area contributed by atoms with E-state index in [-0.39, 0.29) is 11.2 Å². The highest BCUT2D eigenvalue weighted by Gasteiger charge is 2.13. The van der Waals surface area contributed by atoms with Crippen molar-refractivity contribution in [3.8, 4) is 0 Å². The summed E-state index contributed by atoms with van der Waals surface area (Å²) in [5.41, 5.74) is 7.27. The van der Waals surface area contributed by atoms with Crippen molar-refractivity contribution in [2.45, 2.75) is 19.1 Å². The minimum atomic E-state index is -0.0962. The highest BCUT2D eigenvalue weighted by atomic mass is 32.2. The number of hydrogen-bond acceptors (Lipinski definition) is 4. The van der Waals surface area contributed by atoms with E-state index in [1.165, 1.54) is 0 Å². The van der Waals surface area contributed by atoms with E-state index >= 15 is 0 Å². The van der Waals surface area contributed by atoms with Gasteiger partial charge in [0.25, 0.3) is 0 Å². The number of benzene rings is 1. The van der Waals surface area contributed by atoms with Crippen LogP contribution < -0.4 is 11.1 Å². The Morgan fingerprint density at radius 3 is 2.84 bits per heavy atom. The lowest BCUT2D eigenvalue weighted by Crippen LogP contribution is -2.23. The fraction of sp³-hybridized carbons (Fsp3) is 0.500. The molecular formula is C14H22N2O2S. The van der Waals surface area contributed by atoms with E-state index in [4.69, 9.17) is 10.5 Å². The summed E-state index contributed by atoms with van der Waals surface area (Å²) in [7, 11) is 0. The van der Waals surface area contributed by atoms with E-state index in [2.05, 4.69) is 5.32 Å². The molecule has 0 heterocycles. The van der Waals surface area contributed by atoms with Gasteiger partial charge in [0.15, 0.2) is 0 Å². The van der Waals surface area contributed by atoms with Gasteiger partial charge in [-0.25, -0.2) is 0 Å². The van der Waals surface area contributed by atoms with Crippen LogP contribution in [-0.4, -0.2) is 36.7 Å². The smallest absolute Gasteiger partial charge is 0.237 e. The van der Waals surface area contributed by atoms with Crippen LogP contribution in [0.25, 0.3) is 0 Å². The number of nitrogens with two attached hydrogens (primary N) is 1. The number of anilines is 1. The molecule has 1 unspecified atom stereocenters. The number of nitrogens with one attached hydrogen (secondary N) is 1. The molecule has 0 bridgehead atoms. The molecule has 0 fully saturated rings. The second-order valence-electron chi connectivity index (χ2n) is 4.22. The fourth-order valence-corrected chi connectivity index (χ4v) is 2.27. The number of hydrogen-bond donors (Lipinski definition) is 2. The van der Waals surface area contributed by atoms with Crippen LogP contribution in [0.3, 0.4) is 0 Å². The van der Waals surface area contributed by atoms with Crippen molar-refractivity contribution in [1.29, 1.82) is 0 Å². The van der Waals surface area contributed by atoms with Gasteiger partial charge in [-0.05, 0) is 25.5 Å². The lowest BCUT2D eigenvalue weighted by molar-refractivity contribution is -0.115. The molecule has 19 heavy (non-hydrogen) atoms. The van der Waals surface area contributed by atoms with Gasteiger partial charge in [0.05, 0.1) is 18.5 Å². The SMILES string of the molecule is Cc1ccccc1NC(=O)C(C)SCCOCCN. The Hall–Kier alpha value is -1.04. The molecule has 0 spiro atoms. The van der Waals surface area contributed by atoms with E-state index < -0.39 is 0 Å². The molecule has 0 aliphatic rings. The average Bonchev–Trinajstić information content (AvgIpc) is 2.41. The number of amides is 1. The van der Waals surface area contributed by atoms with E-state index in [1.54, 1.807) is 11.8 Å². The summed E-state index contributed by atoms with van der Waals surface area (Å²) in [5, 5.41) is 2.85. The molecule has 0 aliphatic heterocycles. The number of carbonyl (C=O) groups is 1. The summed E-state index contributed by atoms with van der Waals surface area (Å²) < 4.78 is 5.27. The maximum Gasteiger partial charge on any atom is 0.237 e. The van der Waals surface area contributed by atoms with Crippen LogP contribution in [0.15, 0.2) is 24.3 Å². The number of ether oxygens (including phenoxy) is 1. The van der Waals surface area contributed by atoms with Crippen LogP contribution in [0.1, 0.15) is 12.5 Å². The summed E-state index contributed by atoms with van der Waals surface area (Å²) >= 11 is 1.58. The highest BCUT2D eigenvalue weighted by molar-refractivity contribution is 8.00. The monoisotopic (exact) mass is 282 g/mol. The Morgan fingerprint density at radius 2 is 2.16 bits per heavy atom. The first-order valence-corrected chi connectivity index (χ1v) is 7.46. The van der Waals surface area contributed by atoms with Gasteiger partial charge in [-0.2, -0.15) is 0 Å². The van der Waals surface area contributed by atoms with Crippen molar-refractivity contribution >= 4 is 23.4 Å². The summed E-state index contributed by atoms with van der Waals surface area (Å²) in [6.07, 6.45) is 0. The summed E-state index contributed by atoms with van der Waals surface area (Å²) in [5.74, 6) is 0.820. The number of thioether (sulfide) groups is 1. The highest BCUT2D eigenvalue weighted by Crippen LogP contribution is 2.16. The minimum absolute atomic E-state index is 0.0260. The lowest BCUT2D eigenvalue weighted by atomic mass is 10.2. The molecule has 0 aliphatic carbocycles. The van der Waals surface area contributed by atoms with Crippen molar-refractivity contribution in [3.63, 3.8) is 0 Å². The van der Waals surface area contributed by atoms with Crippen molar-refractivity contribution in [2.24, 2.45) is 5.73 Å². The van der Waals surface area contributed by atoms with Crippen LogP contribution in [0.5, 0.6) is 0 Å². The van der Waals surface area contributed by atoms with Gasteiger partial charge in [0.1, 0.15) is 0 Å². The molecular weight excluding hydrogens is 260 g/mol. The Kier molecular flexibility index (Phi) is 7.55. The summed E-state index contributed by atoms with van der Waals surface area (Å²) in [4.78, 5) is 12.0. The topological polar surface area (TPSA) is 64.3 Å². The van der Waals surface area contributed by atoms with Gasteiger partial charge in [0.2, 0.25) is 5.91 Å². The number of aryl methyl sites for hydroxylation is 1. The number of rotatable bonds is 8. The van der Waals surface area contributed by atoms with Gasteiger partial charge in [0, 0.05) is 18.0 Å². The molecule has 3 N–H and O–H groups in total. The lowest BCUT2D eigenvalue weighted by Gasteiger charge is -2.13. The van der Waals surface area contributed by atoms with Gasteiger partial charge in [-0.1, -0.05) is 18.2 Å². The van der Waals surface area contributed by atoms with Crippen LogP contribution >= 0.6 is 11.8 Å². The number of carbonyl (C=O) groups excluding carboxylic acids is 1. The Labute approximate surface area is 119 Å². The van der Waals surface area contributed by atoms with E-state index in [0.717, 1.165) is 17.0 Å². The third-order valence-corrected chi connectivity index (χ3v) is 3.75. The predicted molar refractivity (Wildman–Crippen MR) is 81.6 cm³/mol.